The van der Waals surface area contributed by atoms with Crippen molar-refractivity contribution in [2.75, 3.05) is 5.32 Å². The largest absolute Gasteiger partial charge is 0.355 e. The Morgan fingerprint density at radius 1 is 1.04 bits per heavy atom. The summed E-state index contributed by atoms with van der Waals surface area (Å²) in [5.74, 6) is 0.403. The van der Waals surface area contributed by atoms with E-state index in [4.69, 9.17) is 0 Å². The van der Waals surface area contributed by atoms with Gasteiger partial charge in [-0.25, -0.2) is 9.18 Å². The van der Waals surface area contributed by atoms with Gasteiger partial charge in [-0.15, -0.1) is 0 Å². The Bertz CT molecular complexity index is 938. The summed E-state index contributed by atoms with van der Waals surface area (Å²) >= 11 is 0. The van der Waals surface area contributed by atoms with Crippen LogP contribution in [0.4, 0.5) is 15.8 Å². The minimum atomic E-state index is -0.269. The summed E-state index contributed by atoms with van der Waals surface area (Å²) in [5, 5.41) is 3.33. The van der Waals surface area contributed by atoms with Crippen LogP contribution >= 0.6 is 0 Å². The molecule has 0 aliphatic heterocycles. The van der Waals surface area contributed by atoms with Gasteiger partial charge in [0.05, 0.1) is 11.0 Å². The van der Waals surface area contributed by atoms with E-state index in [0.29, 0.717) is 11.6 Å². The zero-order valence-electron chi connectivity index (χ0n) is 14.1. The van der Waals surface area contributed by atoms with Gasteiger partial charge in [-0.2, -0.15) is 0 Å². The molecule has 1 aliphatic carbocycles. The molecule has 0 spiro atoms. The Balaban J connectivity index is 1.70. The molecule has 1 aliphatic rings. The van der Waals surface area contributed by atoms with Gasteiger partial charge < -0.3 is 15.3 Å². The molecule has 0 bridgehead atoms. The van der Waals surface area contributed by atoms with Gasteiger partial charge in [0.1, 0.15) is 5.82 Å². The van der Waals surface area contributed by atoms with Crippen LogP contribution in [0, 0.1) is 11.7 Å². The van der Waals surface area contributed by atoms with Crippen molar-refractivity contribution in [3.05, 3.63) is 58.3 Å². The summed E-state index contributed by atoms with van der Waals surface area (Å²) < 4.78 is 13.5. The molecule has 5 heteroatoms. The third-order valence-corrected chi connectivity index (χ3v) is 5.08. The number of hydrogen-bond acceptors (Lipinski definition) is 2. The van der Waals surface area contributed by atoms with Crippen LogP contribution in [0.15, 0.2) is 41.2 Å². The van der Waals surface area contributed by atoms with Crippen molar-refractivity contribution in [3.63, 3.8) is 0 Å². The molecule has 0 radical (unpaired) electrons. The van der Waals surface area contributed by atoms with Crippen LogP contribution < -0.4 is 11.0 Å². The number of fused-ring (bicyclic) bond motifs is 1. The second-order valence-electron chi connectivity index (χ2n) is 6.98. The highest BCUT2D eigenvalue weighted by Gasteiger charge is 2.17. The lowest BCUT2D eigenvalue weighted by Gasteiger charge is -2.23. The highest BCUT2D eigenvalue weighted by Crippen LogP contribution is 2.32. The van der Waals surface area contributed by atoms with Gasteiger partial charge in [0.15, 0.2) is 0 Å². The van der Waals surface area contributed by atoms with Crippen molar-refractivity contribution in [1.29, 1.82) is 0 Å². The second kappa shape index (κ2) is 6.75. The van der Waals surface area contributed by atoms with Gasteiger partial charge >= 0.3 is 5.69 Å². The molecule has 1 saturated carbocycles. The quantitative estimate of drug-likeness (QED) is 0.635. The number of rotatable bonds is 4. The fraction of sp³-hybridized carbons (Fsp3) is 0.350. The summed E-state index contributed by atoms with van der Waals surface area (Å²) in [7, 11) is 0. The predicted molar refractivity (Wildman–Crippen MR) is 98.9 cm³/mol. The van der Waals surface area contributed by atoms with Crippen LogP contribution in [0.5, 0.6) is 0 Å². The summed E-state index contributed by atoms with van der Waals surface area (Å²) in [4.78, 5) is 17.3. The minimum absolute atomic E-state index is 0.207. The number of halogens is 1. The van der Waals surface area contributed by atoms with E-state index in [1.54, 1.807) is 6.07 Å². The number of nitrogens with one attached hydrogen (secondary N) is 3. The maximum absolute atomic E-state index is 13.5. The van der Waals surface area contributed by atoms with Crippen molar-refractivity contribution < 1.29 is 4.39 Å². The molecule has 2 aromatic carbocycles. The molecule has 0 atom stereocenters. The first-order chi connectivity index (χ1) is 12.2. The summed E-state index contributed by atoms with van der Waals surface area (Å²) in [6, 6.07) is 10.4. The first-order valence-electron chi connectivity index (χ1n) is 8.95. The van der Waals surface area contributed by atoms with Gasteiger partial charge in [0.2, 0.25) is 0 Å². The molecular formula is C20H22FN3O. The summed E-state index contributed by atoms with van der Waals surface area (Å²) in [6.07, 6.45) is 7.39. The molecule has 4 nitrogen and oxygen atoms in total. The molecule has 1 heterocycles. The topological polar surface area (TPSA) is 60.7 Å². The molecule has 4 rings (SSSR count). The Hall–Kier alpha value is -2.56. The first kappa shape index (κ1) is 15.9. The molecular weight excluding hydrogens is 317 g/mol. The molecule has 25 heavy (non-hydrogen) atoms. The first-order valence-corrected chi connectivity index (χ1v) is 8.95. The molecule has 1 aromatic heterocycles. The van der Waals surface area contributed by atoms with Gasteiger partial charge in [0.25, 0.3) is 0 Å². The molecule has 0 saturated heterocycles. The van der Waals surface area contributed by atoms with Crippen molar-refractivity contribution in [2.45, 2.75) is 38.5 Å². The van der Waals surface area contributed by atoms with E-state index in [0.717, 1.165) is 23.1 Å². The smallest absolute Gasteiger partial charge is 0.323 e. The van der Waals surface area contributed by atoms with Crippen LogP contribution in [-0.2, 0) is 6.42 Å². The van der Waals surface area contributed by atoms with Crippen LogP contribution in [0.2, 0.25) is 0 Å². The minimum Gasteiger partial charge on any atom is -0.355 e. The molecule has 3 aromatic rings. The number of aromatic amines is 2. The normalized spacial score (nSPS) is 15.6. The van der Waals surface area contributed by atoms with Gasteiger partial charge in [0, 0.05) is 11.4 Å². The maximum atomic E-state index is 13.5. The van der Waals surface area contributed by atoms with E-state index in [2.05, 4.69) is 15.3 Å². The third-order valence-electron chi connectivity index (χ3n) is 5.08. The van der Waals surface area contributed by atoms with Crippen molar-refractivity contribution in [2.24, 2.45) is 5.92 Å². The lowest BCUT2D eigenvalue weighted by atomic mass is 9.84. The zero-order chi connectivity index (χ0) is 17.2. The lowest BCUT2D eigenvalue weighted by molar-refractivity contribution is 0.357. The van der Waals surface area contributed by atoms with Gasteiger partial charge in [-0.1, -0.05) is 38.2 Å². The summed E-state index contributed by atoms with van der Waals surface area (Å²) in [5.41, 5.74) is 4.18. The Labute approximate surface area is 145 Å². The highest BCUT2D eigenvalue weighted by atomic mass is 19.1. The lowest BCUT2D eigenvalue weighted by Crippen LogP contribution is -2.10. The average molecular weight is 339 g/mol. The van der Waals surface area contributed by atoms with Crippen molar-refractivity contribution in [3.8, 4) is 0 Å². The molecule has 0 amide bonds. The van der Waals surface area contributed by atoms with Crippen LogP contribution in [0.3, 0.4) is 0 Å². The third kappa shape index (κ3) is 3.60. The van der Waals surface area contributed by atoms with E-state index >= 15 is 0 Å². The van der Waals surface area contributed by atoms with E-state index in [1.165, 1.54) is 49.8 Å². The standard InChI is InChI=1S/C20H22FN3O/c21-15-7-4-8-16(11-15)22-17-12-19-18(23-20(25)24-19)10-14(17)9-13-5-2-1-3-6-13/h4,7-8,10-13,22H,1-3,5-6,9H2,(H2,23,24,25). The van der Waals surface area contributed by atoms with E-state index in [-0.39, 0.29) is 11.5 Å². The number of imidazole rings is 1. The Morgan fingerprint density at radius 2 is 1.80 bits per heavy atom. The number of aromatic nitrogens is 2. The second-order valence-corrected chi connectivity index (χ2v) is 6.98. The molecule has 0 unspecified atom stereocenters. The fourth-order valence-electron chi connectivity index (χ4n) is 3.84. The van der Waals surface area contributed by atoms with Gasteiger partial charge in [-0.3, -0.25) is 0 Å². The van der Waals surface area contributed by atoms with E-state index < -0.39 is 0 Å². The SMILES string of the molecule is O=c1[nH]c2cc(CC3CCCCC3)c(Nc3cccc(F)c3)cc2[nH]1. The maximum Gasteiger partial charge on any atom is 0.323 e. The van der Waals surface area contributed by atoms with E-state index in [1.807, 2.05) is 18.2 Å². The van der Waals surface area contributed by atoms with E-state index in [9.17, 15) is 9.18 Å². The number of H-pyrrole nitrogens is 2. The number of benzene rings is 2. The Kier molecular flexibility index (Phi) is 4.30. The van der Waals surface area contributed by atoms with Crippen molar-refractivity contribution >= 4 is 22.4 Å². The number of hydrogen-bond donors (Lipinski definition) is 3. The predicted octanol–water partition coefficient (Wildman–Crippen LogP) is 4.86. The molecule has 130 valence electrons. The summed E-state index contributed by atoms with van der Waals surface area (Å²) in [6.45, 7) is 0. The van der Waals surface area contributed by atoms with Crippen molar-refractivity contribution in [1.82, 2.24) is 9.97 Å². The highest BCUT2D eigenvalue weighted by molar-refractivity contribution is 5.82. The van der Waals surface area contributed by atoms with Crippen LogP contribution in [-0.4, -0.2) is 9.97 Å². The number of anilines is 2. The molecule has 3 N–H and O–H groups in total. The average Bonchev–Trinajstić information content (AvgIpc) is 2.95. The Morgan fingerprint density at radius 3 is 2.56 bits per heavy atom. The zero-order valence-corrected chi connectivity index (χ0v) is 14.1. The van der Waals surface area contributed by atoms with Gasteiger partial charge in [-0.05, 0) is 48.2 Å². The molecule has 1 fully saturated rings. The van der Waals surface area contributed by atoms with Crippen LogP contribution in [0.25, 0.3) is 11.0 Å². The fourth-order valence-corrected chi connectivity index (χ4v) is 3.84. The van der Waals surface area contributed by atoms with Crippen LogP contribution in [0.1, 0.15) is 37.7 Å². The monoisotopic (exact) mass is 339 g/mol.